The van der Waals surface area contributed by atoms with Gasteiger partial charge in [-0.3, -0.25) is 0 Å². The van der Waals surface area contributed by atoms with Crippen molar-refractivity contribution in [2.75, 3.05) is 4.90 Å². The molecule has 0 N–H and O–H groups in total. The Morgan fingerprint density at radius 3 is 1.70 bits per heavy atom. The molecule has 3 heteroatoms. The molecule has 2 nitrogen and oxygen atoms in total. The zero-order valence-corrected chi connectivity index (χ0v) is 33.9. The predicted molar refractivity (Wildman–Crippen MR) is 261 cm³/mol. The second-order valence-electron chi connectivity index (χ2n) is 15.7. The first kappa shape index (κ1) is 35.2. The Bertz CT molecular complexity index is 3610. The second kappa shape index (κ2) is 14.5. The zero-order chi connectivity index (χ0) is 40.3. The maximum Gasteiger partial charge on any atom is 0.135 e. The van der Waals surface area contributed by atoms with Crippen LogP contribution in [-0.2, 0) is 0 Å². The Morgan fingerprint density at radius 1 is 0.311 bits per heavy atom. The van der Waals surface area contributed by atoms with Gasteiger partial charge in [0.1, 0.15) is 11.2 Å². The molecule has 0 saturated carbocycles. The van der Waals surface area contributed by atoms with Gasteiger partial charge in [0.05, 0.1) is 0 Å². The van der Waals surface area contributed by atoms with Crippen molar-refractivity contribution in [1.29, 1.82) is 0 Å². The Kier molecular flexibility index (Phi) is 8.39. The molecular formula is C58H37NOS. The quantitative estimate of drug-likeness (QED) is 0.160. The minimum atomic E-state index is 0.899. The molecule has 12 rings (SSSR count). The third-order valence-corrected chi connectivity index (χ3v) is 13.3. The number of rotatable bonds is 7. The van der Waals surface area contributed by atoms with E-state index in [4.69, 9.17) is 4.42 Å². The molecule has 0 atom stereocenters. The number of hydrogen-bond acceptors (Lipinski definition) is 3. The number of para-hydroxylation sites is 1. The Labute approximate surface area is 357 Å². The Balaban J connectivity index is 0.963. The summed E-state index contributed by atoms with van der Waals surface area (Å²) in [4.78, 5) is 2.38. The van der Waals surface area contributed by atoms with Crippen LogP contribution in [0.4, 0.5) is 17.1 Å². The molecule has 2 heterocycles. The number of furan rings is 1. The van der Waals surface area contributed by atoms with E-state index in [-0.39, 0.29) is 0 Å². The van der Waals surface area contributed by atoms with Gasteiger partial charge in [-0.15, -0.1) is 11.3 Å². The lowest BCUT2D eigenvalue weighted by molar-refractivity contribution is 0.669. The summed E-state index contributed by atoms with van der Waals surface area (Å²) >= 11 is 1.88. The van der Waals surface area contributed by atoms with Crippen LogP contribution in [-0.4, -0.2) is 0 Å². The summed E-state index contributed by atoms with van der Waals surface area (Å²) < 4.78 is 8.83. The van der Waals surface area contributed by atoms with Crippen LogP contribution < -0.4 is 4.90 Å². The van der Waals surface area contributed by atoms with Gasteiger partial charge in [0, 0.05) is 48.0 Å². The Hall–Kier alpha value is -7.72. The lowest BCUT2D eigenvalue weighted by Crippen LogP contribution is -2.10. The van der Waals surface area contributed by atoms with Gasteiger partial charge in [0.2, 0.25) is 0 Å². The summed E-state index contributed by atoms with van der Waals surface area (Å²) in [5, 5.41) is 7.37. The number of thiophene rings is 1. The van der Waals surface area contributed by atoms with Crippen molar-refractivity contribution in [1.82, 2.24) is 0 Å². The monoisotopic (exact) mass is 795 g/mol. The van der Waals surface area contributed by atoms with E-state index in [9.17, 15) is 0 Å². The van der Waals surface area contributed by atoms with Crippen LogP contribution >= 0.6 is 11.3 Å². The van der Waals surface area contributed by atoms with E-state index in [0.29, 0.717) is 0 Å². The number of benzene rings is 10. The lowest BCUT2D eigenvalue weighted by Gasteiger charge is -2.27. The summed E-state index contributed by atoms with van der Waals surface area (Å²) in [7, 11) is 0. The van der Waals surface area contributed by atoms with Crippen LogP contribution in [0.2, 0.25) is 0 Å². The molecule has 61 heavy (non-hydrogen) atoms. The van der Waals surface area contributed by atoms with Crippen LogP contribution in [0.15, 0.2) is 229 Å². The van der Waals surface area contributed by atoms with Crippen molar-refractivity contribution in [2.45, 2.75) is 0 Å². The van der Waals surface area contributed by atoms with Gasteiger partial charge >= 0.3 is 0 Å². The van der Waals surface area contributed by atoms with Gasteiger partial charge in [-0.05, 0) is 128 Å². The van der Waals surface area contributed by atoms with Crippen molar-refractivity contribution >= 4 is 81.3 Å². The zero-order valence-electron chi connectivity index (χ0n) is 33.1. The van der Waals surface area contributed by atoms with Gasteiger partial charge in [-0.2, -0.15) is 0 Å². The highest BCUT2D eigenvalue weighted by Gasteiger charge is 2.17. The molecule has 0 spiro atoms. The lowest BCUT2D eigenvalue weighted by atomic mass is 9.97. The summed E-state index contributed by atoms with van der Waals surface area (Å²) in [6.07, 6.45) is 0. The highest BCUT2D eigenvalue weighted by atomic mass is 32.1. The topological polar surface area (TPSA) is 16.4 Å². The SMILES string of the molecule is c1cc(-c2cccc(N(c3ccc(-c4ccc5ccccc5c4)cc3)c3cccc(-c4ccc5oc6ccccc6c5c4)c3)c2)cc(-c2cccc3c2sc2ccccc23)c1. The summed E-state index contributed by atoms with van der Waals surface area (Å²) in [5.41, 5.74) is 14.6. The van der Waals surface area contributed by atoms with E-state index < -0.39 is 0 Å². The van der Waals surface area contributed by atoms with Gasteiger partial charge in [0.25, 0.3) is 0 Å². The predicted octanol–water partition coefficient (Wildman–Crippen LogP) is 17.2. The van der Waals surface area contributed by atoms with Crippen molar-refractivity contribution < 1.29 is 4.42 Å². The standard InChI is InChI=1S/C58H37NOS/c1-2-12-40-33-44(26-25-38(40)11-1)39-27-30-47(31-28-39)59(49-18-9-15-43(36-49)45-29-32-56-54(37-45)51-19-3-5-23-55(51)60-56)48-17-8-14-42(35-48)41-13-7-16-46(34-41)50-21-10-22-53-52-20-4-6-24-57(52)61-58(50)53/h1-37H. The van der Waals surface area contributed by atoms with Gasteiger partial charge < -0.3 is 9.32 Å². The number of nitrogens with zero attached hydrogens (tertiary/aromatic N) is 1. The minimum Gasteiger partial charge on any atom is -0.456 e. The van der Waals surface area contributed by atoms with Crippen LogP contribution in [0.25, 0.3) is 97.4 Å². The van der Waals surface area contributed by atoms with E-state index in [1.54, 1.807) is 0 Å². The van der Waals surface area contributed by atoms with Crippen LogP contribution in [0.5, 0.6) is 0 Å². The molecule has 0 fully saturated rings. The maximum absolute atomic E-state index is 6.19. The fourth-order valence-corrected chi connectivity index (χ4v) is 10.3. The molecule has 0 aliphatic rings. The highest BCUT2D eigenvalue weighted by molar-refractivity contribution is 7.26. The molecule has 0 aliphatic heterocycles. The first-order chi connectivity index (χ1) is 30.2. The number of hydrogen-bond donors (Lipinski definition) is 0. The largest absolute Gasteiger partial charge is 0.456 e. The van der Waals surface area contributed by atoms with Crippen LogP contribution in [0, 0.1) is 0 Å². The van der Waals surface area contributed by atoms with Crippen LogP contribution in [0.3, 0.4) is 0 Å². The third kappa shape index (κ3) is 6.26. The molecule has 286 valence electrons. The normalized spacial score (nSPS) is 11.6. The van der Waals surface area contributed by atoms with Gasteiger partial charge in [-0.1, -0.05) is 152 Å². The third-order valence-electron chi connectivity index (χ3n) is 12.0. The summed E-state index contributed by atoms with van der Waals surface area (Å²) in [6, 6.07) is 81.3. The van der Waals surface area contributed by atoms with Gasteiger partial charge in [0.15, 0.2) is 0 Å². The fourth-order valence-electron chi connectivity index (χ4n) is 9.01. The Morgan fingerprint density at radius 2 is 0.885 bits per heavy atom. The van der Waals surface area contributed by atoms with Crippen molar-refractivity contribution in [3.63, 3.8) is 0 Å². The second-order valence-corrected chi connectivity index (χ2v) is 16.8. The number of anilines is 3. The van der Waals surface area contributed by atoms with E-state index in [1.807, 2.05) is 23.5 Å². The molecule has 0 aliphatic carbocycles. The van der Waals surface area contributed by atoms with E-state index in [0.717, 1.165) is 55.7 Å². The molecule has 0 radical (unpaired) electrons. The maximum atomic E-state index is 6.19. The molecule has 0 amide bonds. The number of fused-ring (bicyclic) bond motifs is 7. The highest BCUT2D eigenvalue weighted by Crippen LogP contribution is 2.43. The fraction of sp³-hybridized carbons (Fsp3) is 0. The van der Waals surface area contributed by atoms with Crippen molar-refractivity contribution in [3.8, 4) is 44.5 Å². The van der Waals surface area contributed by atoms with Gasteiger partial charge in [-0.25, -0.2) is 0 Å². The van der Waals surface area contributed by atoms with Crippen molar-refractivity contribution in [3.05, 3.63) is 224 Å². The molecule has 12 aromatic rings. The van der Waals surface area contributed by atoms with E-state index >= 15 is 0 Å². The average molecular weight is 796 g/mol. The molecule has 10 aromatic carbocycles. The average Bonchev–Trinajstić information content (AvgIpc) is 3.90. The smallest absolute Gasteiger partial charge is 0.135 e. The molecule has 0 bridgehead atoms. The molecule has 2 aromatic heterocycles. The van der Waals surface area contributed by atoms with E-state index in [1.165, 1.54) is 58.8 Å². The van der Waals surface area contributed by atoms with E-state index in [2.05, 4.69) is 217 Å². The summed E-state index contributed by atoms with van der Waals surface area (Å²) in [6.45, 7) is 0. The first-order valence-electron chi connectivity index (χ1n) is 20.7. The molecule has 0 saturated heterocycles. The minimum absolute atomic E-state index is 0.899. The molecule has 0 unspecified atom stereocenters. The molecular weight excluding hydrogens is 759 g/mol. The van der Waals surface area contributed by atoms with Crippen LogP contribution in [0.1, 0.15) is 0 Å². The first-order valence-corrected chi connectivity index (χ1v) is 21.5. The van der Waals surface area contributed by atoms with Crippen molar-refractivity contribution in [2.24, 2.45) is 0 Å². The summed E-state index contributed by atoms with van der Waals surface area (Å²) in [5.74, 6) is 0.